The van der Waals surface area contributed by atoms with Crippen molar-refractivity contribution in [3.63, 3.8) is 0 Å². The molecule has 0 aromatic heterocycles. The molecule has 0 spiro atoms. The van der Waals surface area contributed by atoms with Crippen LogP contribution in [0.15, 0.2) is 54.6 Å². The Morgan fingerprint density at radius 3 is 2.50 bits per heavy atom. The molecule has 1 aliphatic heterocycles. The smallest absolute Gasteiger partial charge is 0.315 e. The zero-order valence-corrected chi connectivity index (χ0v) is 15.0. The van der Waals surface area contributed by atoms with E-state index in [0.717, 1.165) is 5.56 Å². The second-order valence-electron chi connectivity index (χ2n) is 6.86. The Kier molecular flexibility index (Phi) is 5.32. The topological polar surface area (TPSA) is 66.7 Å². The molecule has 0 radical (unpaired) electrons. The highest BCUT2D eigenvalue weighted by atomic mass is 16.6. The molecular formula is C20H23N3O3. The summed E-state index contributed by atoms with van der Waals surface area (Å²) in [6.45, 7) is 1.12. The molecule has 2 unspecified atom stereocenters. The number of hydrogen-bond donors (Lipinski definition) is 0. The molecule has 6 nitrogen and oxygen atoms in total. The van der Waals surface area contributed by atoms with E-state index in [-0.39, 0.29) is 6.04 Å². The number of carbonyl (C=O) groups excluding carboxylic acids is 1. The average molecular weight is 353 g/mol. The monoisotopic (exact) mass is 353 g/mol. The summed E-state index contributed by atoms with van der Waals surface area (Å²) in [5.41, 5.74) is 2.71. The maximum absolute atomic E-state index is 13.2. The summed E-state index contributed by atoms with van der Waals surface area (Å²) in [7, 11) is 3.89. The molecular weight excluding hydrogens is 330 g/mol. The van der Waals surface area contributed by atoms with E-state index in [2.05, 4.69) is 6.07 Å². The number of fused-ring (bicyclic) bond motifs is 1. The Bertz CT molecular complexity index is 792. The van der Waals surface area contributed by atoms with Crippen LogP contribution in [0.3, 0.4) is 0 Å². The fourth-order valence-electron chi connectivity index (χ4n) is 3.61. The van der Waals surface area contributed by atoms with E-state index in [4.69, 9.17) is 0 Å². The largest absolute Gasteiger partial charge is 0.328 e. The van der Waals surface area contributed by atoms with Crippen molar-refractivity contribution < 1.29 is 9.72 Å². The molecule has 1 heterocycles. The molecule has 0 saturated carbocycles. The molecule has 2 atom stereocenters. The van der Waals surface area contributed by atoms with Crippen molar-refractivity contribution in [3.8, 4) is 0 Å². The van der Waals surface area contributed by atoms with Crippen LogP contribution in [0.1, 0.15) is 28.8 Å². The summed E-state index contributed by atoms with van der Waals surface area (Å²) in [5, 5.41) is 11.7. The van der Waals surface area contributed by atoms with Gasteiger partial charge in [-0.25, -0.2) is 0 Å². The van der Waals surface area contributed by atoms with Gasteiger partial charge in [-0.05, 0) is 31.6 Å². The van der Waals surface area contributed by atoms with Crippen LogP contribution < -0.4 is 0 Å². The summed E-state index contributed by atoms with van der Waals surface area (Å²) in [4.78, 5) is 28.1. The quantitative estimate of drug-likeness (QED) is 0.612. The van der Waals surface area contributed by atoms with Crippen LogP contribution in [0.2, 0.25) is 0 Å². The maximum Gasteiger partial charge on any atom is 0.315 e. The van der Waals surface area contributed by atoms with Crippen molar-refractivity contribution >= 4 is 5.91 Å². The predicted octanol–water partition coefficient (Wildman–Crippen LogP) is 2.69. The first-order valence-electron chi connectivity index (χ1n) is 8.70. The predicted molar refractivity (Wildman–Crippen MR) is 99.3 cm³/mol. The lowest BCUT2D eigenvalue weighted by Gasteiger charge is -2.39. The summed E-state index contributed by atoms with van der Waals surface area (Å²) < 4.78 is 0. The van der Waals surface area contributed by atoms with Gasteiger partial charge in [-0.3, -0.25) is 14.9 Å². The molecule has 0 saturated heterocycles. The fourth-order valence-corrected chi connectivity index (χ4v) is 3.61. The normalized spacial score (nSPS) is 17.7. The highest BCUT2D eigenvalue weighted by Gasteiger charge is 2.40. The minimum atomic E-state index is -1.37. The minimum Gasteiger partial charge on any atom is -0.328 e. The van der Waals surface area contributed by atoms with Gasteiger partial charge >= 0.3 is 11.9 Å². The second kappa shape index (κ2) is 7.66. The van der Waals surface area contributed by atoms with Gasteiger partial charge in [0.2, 0.25) is 0 Å². The number of rotatable bonds is 5. The number of carbonyl (C=O) groups is 1. The summed E-state index contributed by atoms with van der Waals surface area (Å²) in [6, 6.07) is 15.0. The van der Waals surface area contributed by atoms with E-state index in [1.165, 1.54) is 5.56 Å². The van der Waals surface area contributed by atoms with Crippen molar-refractivity contribution in [1.29, 1.82) is 0 Å². The number of nitro groups is 1. The third kappa shape index (κ3) is 3.60. The van der Waals surface area contributed by atoms with Crippen LogP contribution in [-0.2, 0) is 11.2 Å². The van der Waals surface area contributed by atoms with Gasteiger partial charge in [-0.2, -0.15) is 0 Å². The standard InChI is InChI=1S/C20H23N3O3/c1-21(2)14-18-17-11-7-6-8-15(17)12-13-22(18)20(24)19(23(25)26)16-9-4-3-5-10-16/h3-11,18-19H,12-14H2,1-2H3. The first kappa shape index (κ1) is 18.1. The van der Waals surface area contributed by atoms with Gasteiger partial charge in [0.05, 0.1) is 6.04 Å². The highest BCUT2D eigenvalue weighted by molar-refractivity contribution is 5.83. The first-order chi connectivity index (χ1) is 12.5. The molecule has 6 heteroatoms. The van der Waals surface area contributed by atoms with Crippen LogP contribution in [-0.4, -0.2) is 47.8 Å². The van der Waals surface area contributed by atoms with Crippen LogP contribution >= 0.6 is 0 Å². The Balaban J connectivity index is 1.97. The van der Waals surface area contributed by atoms with E-state index in [9.17, 15) is 14.9 Å². The molecule has 0 N–H and O–H groups in total. The fraction of sp³-hybridized carbons (Fsp3) is 0.350. The molecule has 0 fully saturated rings. The van der Waals surface area contributed by atoms with E-state index >= 15 is 0 Å². The van der Waals surface area contributed by atoms with Crippen LogP contribution in [0, 0.1) is 10.1 Å². The number of benzene rings is 2. The van der Waals surface area contributed by atoms with Crippen molar-refractivity contribution in [2.75, 3.05) is 27.2 Å². The van der Waals surface area contributed by atoms with E-state index < -0.39 is 16.9 Å². The molecule has 1 amide bonds. The van der Waals surface area contributed by atoms with Crippen LogP contribution in [0.25, 0.3) is 0 Å². The van der Waals surface area contributed by atoms with Gasteiger partial charge < -0.3 is 9.80 Å². The summed E-state index contributed by atoms with van der Waals surface area (Å²) >= 11 is 0. The van der Waals surface area contributed by atoms with E-state index in [0.29, 0.717) is 25.1 Å². The molecule has 2 aromatic rings. The third-order valence-corrected chi connectivity index (χ3v) is 4.79. The van der Waals surface area contributed by atoms with Gasteiger partial charge in [0.25, 0.3) is 0 Å². The molecule has 3 rings (SSSR count). The third-order valence-electron chi connectivity index (χ3n) is 4.79. The molecule has 0 bridgehead atoms. The second-order valence-corrected chi connectivity index (χ2v) is 6.86. The van der Waals surface area contributed by atoms with Crippen LogP contribution in [0.4, 0.5) is 0 Å². The Labute approximate surface area is 153 Å². The zero-order valence-electron chi connectivity index (χ0n) is 15.0. The number of nitrogens with zero attached hydrogens (tertiary/aromatic N) is 3. The van der Waals surface area contributed by atoms with Gasteiger partial charge in [0.15, 0.2) is 0 Å². The number of likely N-dealkylation sites (N-methyl/N-ethyl adjacent to an activating group) is 1. The molecule has 0 aliphatic carbocycles. The van der Waals surface area contributed by atoms with Crippen molar-refractivity contribution in [2.45, 2.75) is 18.5 Å². The lowest BCUT2D eigenvalue weighted by Crippen LogP contribution is -2.47. The highest BCUT2D eigenvalue weighted by Crippen LogP contribution is 2.33. The van der Waals surface area contributed by atoms with Crippen molar-refractivity contribution in [2.24, 2.45) is 0 Å². The van der Waals surface area contributed by atoms with Crippen molar-refractivity contribution in [1.82, 2.24) is 9.80 Å². The lowest BCUT2D eigenvalue weighted by molar-refractivity contribution is -0.515. The van der Waals surface area contributed by atoms with Gasteiger partial charge in [-0.1, -0.05) is 54.6 Å². The SMILES string of the molecule is CN(C)CC1c2ccccc2CCN1C(=O)C(c1ccccc1)[N+](=O)[O-]. The maximum atomic E-state index is 13.2. The van der Waals surface area contributed by atoms with Gasteiger partial charge in [-0.15, -0.1) is 0 Å². The minimum absolute atomic E-state index is 0.186. The molecule has 26 heavy (non-hydrogen) atoms. The molecule has 1 aliphatic rings. The molecule has 136 valence electrons. The number of hydrogen-bond acceptors (Lipinski definition) is 4. The Morgan fingerprint density at radius 1 is 1.19 bits per heavy atom. The van der Waals surface area contributed by atoms with Gasteiger partial charge in [0.1, 0.15) is 0 Å². The van der Waals surface area contributed by atoms with E-state index in [1.54, 1.807) is 35.2 Å². The summed E-state index contributed by atoms with van der Waals surface area (Å²) in [6.07, 6.45) is 0.713. The number of amides is 1. The van der Waals surface area contributed by atoms with Gasteiger partial charge in [0, 0.05) is 23.6 Å². The lowest BCUT2D eigenvalue weighted by atomic mass is 9.91. The Hall–Kier alpha value is -2.73. The zero-order chi connectivity index (χ0) is 18.7. The molecule has 2 aromatic carbocycles. The van der Waals surface area contributed by atoms with E-state index in [1.807, 2.05) is 37.2 Å². The average Bonchev–Trinajstić information content (AvgIpc) is 2.62. The van der Waals surface area contributed by atoms with Crippen LogP contribution in [0.5, 0.6) is 0 Å². The van der Waals surface area contributed by atoms with Crippen molar-refractivity contribution in [3.05, 3.63) is 81.4 Å². The summed E-state index contributed by atoms with van der Waals surface area (Å²) in [5.74, 6) is -0.442. The Morgan fingerprint density at radius 2 is 1.85 bits per heavy atom. The first-order valence-corrected chi connectivity index (χ1v) is 8.70.